The quantitative estimate of drug-likeness (QED) is 0.376. The molecule has 7 heteroatoms. The molecular weight excluding hydrogens is 477 g/mol. The van der Waals surface area contributed by atoms with E-state index in [-0.39, 0.29) is 40.4 Å². The molecule has 0 saturated heterocycles. The number of nitrogens with zero attached hydrogens (tertiary/aromatic N) is 2. The van der Waals surface area contributed by atoms with Crippen molar-refractivity contribution in [2.45, 2.75) is 32.6 Å². The lowest BCUT2D eigenvalue weighted by molar-refractivity contribution is -0.118. The number of hydrogen-bond acceptors (Lipinski definition) is 4. The fourth-order valence-electron chi connectivity index (χ4n) is 5.17. The number of ketones is 1. The van der Waals surface area contributed by atoms with E-state index in [1.54, 1.807) is 71.9 Å². The summed E-state index contributed by atoms with van der Waals surface area (Å²) in [7, 11) is 0. The topological polar surface area (TPSA) is 77.3 Å². The smallest absolute Gasteiger partial charge is 0.162 e. The van der Waals surface area contributed by atoms with Gasteiger partial charge in [-0.15, -0.1) is 0 Å². The van der Waals surface area contributed by atoms with Gasteiger partial charge < -0.3 is 5.11 Å². The van der Waals surface area contributed by atoms with E-state index in [2.05, 4.69) is 4.98 Å². The van der Waals surface area contributed by atoms with Crippen molar-refractivity contribution in [3.63, 3.8) is 0 Å². The van der Waals surface area contributed by atoms with E-state index in [0.29, 0.717) is 34.0 Å². The van der Waals surface area contributed by atoms with Crippen LogP contribution in [0, 0.1) is 16.6 Å². The van der Waals surface area contributed by atoms with Crippen LogP contribution in [0.1, 0.15) is 43.7 Å². The minimum absolute atomic E-state index is 0.0343. The van der Waals surface area contributed by atoms with Crippen molar-refractivity contribution in [2.24, 2.45) is 5.41 Å². The van der Waals surface area contributed by atoms with Crippen LogP contribution in [0.5, 0.6) is 0 Å². The Morgan fingerprint density at radius 2 is 1.83 bits per heavy atom. The van der Waals surface area contributed by atoms with Crippen LogP contribution >= 0.6 is 11.6 Å². The van der Waals surface area contributed by atoms with E-state index in [9.17, 15) is 15.3 Å². The summed E-state index contributed by atoms with van der Waals surface area (Å²) in [5.41, 5.74) is 2.08. The number of amidine groups is 1. The highest BCUT2D eigenvalue weighted by Gasteiger charge is 2.47. The highest BCUT2D eigenvalue weighted by Crippen LogP contribution is 2.51. The Labute approximate surface area is 214 Å². The minimum Gasteiger partial charge on any atom is -0.507 e. The third kappa shape index (κ3) is 4.11. The first-order valence-electron chi connectivity index (χ1n) is 11.7. The van der Waals surface area contributed by atoms with Crippen molar-refractivity contribution in [1.82, 2.24) is 4.98 Å². The second kappa shape index (κ2) is 9.03. The number of aliphatic hydroxyl groups excluding tert-OH is 1. The number of anilines is 1. The number of aromatic nitrogens is 1. The van der Waals surface area contributed by atoms with Crippen LogP contribution in [-0.2, 0) is 4.79 Å². The Morgan fingerprint density at radius 1 is 1.11 bits per heavy atom. The molecule has 0 fully saturated rings. The van der Waals surface area contributed by atoms with E-state index in [1.165, 1.54) is 6.07 Å². The Morgan fingerprint density at radius 3 is 2.50 bits per heavy atom. The summed E-state index contributed by atoms with van der Waals surface area (Å²) in [6.07, 6.45) is 4.03. The number of hydrogen-bond donors (Lipinski definition) is 2. The van der Waals surface area contributed by atoms with Gasteiger partial charge in [-0.2, -0.15) is 0 Å². The highest BCUT2D eigenvalue weighted by molar-refractivity contribution is 6.30. The molecule has 36 heavy (non-hydrogen) atoms. The molecule has 1 aliphatic carbocycles. The summed E-state index contributed by atoms with van der Waals surface area (Å²) in [6.45, 7) is 4.02. The number of rotatable bonds is 3. The number of carbonyl (C=O) groups excluding carboxylic acids is 1. The van der Waals surface area contributed by atoms with E-state index >= 15 is 4.39 Å². The second-order valence-electron chi connectivity index (χ2n) is 9.92. The van der Waals surface area contributed by atoms with Gasteiger partial charge in [0.15, 0.2) is 5.78 Å². The Bertz CT molecular complexity index is 1430. The van der Waals surface area contributed by atoms with E-state index < -0.39 is 11.7 Å². The minimum atomic E-state index is -0.944. The predicted octanol–water partition coefficient (Wildman–Crippen LogP) is 7.07. The fraction of sp³-hybridized carbons (Fsp3) is 0.207. The van der Waals surface area contributed by atoms with Gasteiger partial charge in [-0.05, 0) is 54.3 Å². The van der Waals surface area contributed by atoms with Crippen molar-refractivity contribution < 1.29 is 14.3 Å². The van der Waals surface area contributed by atoms with Crippen LogP contribution in [0.3, 0.4) is 0 Å². The predicted molar refractivity (Wildman–Crippen MR) is 140 cm³/mol. The average molecular weight is 502 g/mol. The third-order valence-corrected chi connectivity index (χ3v) is 6.97. The molecule has 2 aromatic carbocycles. The van der Waals surface area contributed by atoms with Crippen LogP contribution in [-0.4, -0.2) is 21.7 Å². The molecule has 5 rings (SSSR count). The Balaban J connectivity index is 1.87. The number of benzene rings is 2. The monoisotopic (exact) mass is 501 g/mol. The van der Waals surface area contributed by atoms with Crippen molar-refractivity contribution >= 4 is 34.7 Å². The molecule has 0 amide bonds. The Kier molecular flexibility index (Phi) is 6.00. The van der Waals surface area contributed by atoms with Gasteiger partial charge in [0.2, 0.25) is 0 Å². The molecule has 2 heterocycles. The van der Waals surface area contributed by atoms with Gasteiger partial charge >= 0.3 is 0 Å². The molecule has 182 valence electrons. The number of Topliss-reactive ketones (excluding diaryl/α,β-unsaturated/α-hetero) is 1. The number of halogens is 2. The maximum absolute atomic E-state index is 15.3. The maximum Gasteiger partial charge on any atom is 0.162 e. The van der Waals surface area contributed by atoms with Gasteiger partial charge in [0, 0.05) is 51.5 Å². The van der Waals surface area contributed by atoms with Gasteiger partial charge in [-0.25, -0.2) is 4.39 Å². The van der Waals surface area contributed by atoms with Gasteiger partial charge in [-0.1, -0.05) is 43.6 Å². The summed E-state index contributed by atoms with van der Waals surface area (Å²) in [6, 6.07) is 16.3. The summed E-state index contributed by atoms with van der Waals surface area (Å²) >= 11 is 6.06. The van der Waals surface area contributed by atoms with Gasteiger partial charge in [-0.3, -0.25) is 20.1 Å². The number of aliphatic hydroxyl groups is 1. The number of pyridine rings is 1. The van der Waals surface area contributed by atoms with Gasteiger partial charge in [0.1, 0.15) is 17.4 Å². The largest absolute Gasteiger partial charge is 0.507 e. The summed E-state index contributed by atoms with van der Waals surface area (Å²) < 4.78 is 15.3. The van der Waals surface area contributed by atoms with E-state index in [4.69, 9.17) is 11.6 Å². The molecule has 0 spiro atoms. The molecule has 2 N–H and O–H groups in total. The van der Waals surface area contributed by atoms with Crippen LogP contribution in [0.15, 0.2) is 89.9 Å². The lowest BCUT2D eigenvalue weighted by atomic mass is 9.67. The highest BCUT2D eigenvalue weighted by atomic mass is 35.5. The zero-order valence-corrected chi connectivity index (χ0v) is 20.7. The molecule has 1 unspecified atom stereocenters. The first-order valence-corrected chi connectivity index (χ1v) is 12.0. The summed E-state index contributed by atoms with van der Waals surface area (Å²) in [5, 5.41) is 21.4. The van der Waals surface area contributed by atoms with Crippen molar-refractivity contribution in [3.05, 3.63) is 112 Å². The number of carbonyl (C=O) groups is 1. The molecule has 1 atom stereocenters. The molecule has 0 radical (unpaired) electrons. The maximum atomic E-state index is 15.3. The molecule has 1 aromatic heterocycles. The molecule has 2 aliphatic rings. The van der Waals surface area contributed by atoms with E-state index in [1.807, 2.05) is 13.8 Å². The Hall–Kier alpha value is -3.77. The molecular formula is C29H25ClFN3O2. The number of allylic oxidation sites excluding steroid dienone is 2. The zero-order valence-electron chi connectivity index (χ0n) is 19.9. The first-order chi connectivity index (χ1) is 17.2. The van der Waals surface area contributed by atoms with Crippen LogP contribution in [0.4, 0.5) is 10.1 Å². The van der Waals surface area contributed by atoms with Crippen molar-refractivity contribution in [3.8, 4) is 0 Å². The van der Waals surface area contributed by atoms with Crippen LogP contribution in [0.25, 0.3) is 5.76 Å². The van der Waals surface area contributed by atoms with Gasteiger partial charge in [0.25, 0.3) is 0 Å². The van der Waals surface area contributed by atoms with E-state index in [0.717, 1.165) is 0 Å². The normalized spacial score (nSPS) is 20.9. The standard InChI is InChI=1S/C29H25ClFN3O2/c1-29(2)14-22-25(23(35)15-29)24(20-7-3-4-8-21(20)31)26(27(36)17-9-11-18(30)12-10-17)28(32)34(22)19-6-5-13-33-16-19/h3-13,16,24,32,36H,14-15H2,1-2H3/b27-26+,32-28?. The molecule has 0 bridgehead atoms. The molecule has 1 aliphatic heterocycles. The second-order valence-corrected chi connectivity index (χ2v) is 10.4. The number of nitrogens with one attached hydrogen (secondary N) is 1. The summed E-state index contributed by atoms with van der Waals surface area (Å²) in [4.78, 5) is 19.6. The van der Waals surface area contributed by atoms with Gasteiger partial charge in [0.05, 0.1) is 11.9 Å². The van der Waals surface area contributed by atoms with Crippen molar-refractivity contribution in [1.29, 1.82) is 5.41 Å². The third-order valence-electron chi connectivity index (χ3n) is 6.72. The lowest BCUT2D eigenvalue weighted by Gasteiger charge is -2.45. The molecule has 0 saturated carbocycles. The SMILES string of the molecule is CC1(C)CC(=O)C2=C(C1)N(c1cccnc1)C(=N)/C(=C(/O)c1ccc(Cl)cc1)C2c1ccccc1F. The van der Waals surface area contributed by atoms with Crippen LogP contribution < -0.4 is 4.90 Å². The van der Waals surface area contributed by atoms with Crippen molar-refractivity contribution in [2.75, 3.05) is 4.90 Å². The lowest BCUT2D eigenvalue weighted by Crippen LogP contribution is -2.45. The van der Waals surface area contributed by atoms with Crippen LogP contribution in [0.2, 0.25) is 5.02 Å². The molecule has 3 aromatic rings. The average Bonchev–Trinajstić information content (AvgIpc) is 2.83. The first kappa shape index (κ1) is 23.9. The fourth-order valence-corrected chi connectivity index (χ4v) is 5.29. The molecule has 5 nitrogen and oxygen atoms in total. The zero-order chi connectivity index (χ0) is 25.6. The summed E-state index contributed by atoms with van der Waals surface area (Å²) in [5.74, 6) is -1.81.